The molecule has 1 atom stereocenters. The number of anilines is 1. The first kappa shape index (κ1) is 30.6. The van der Waals surface area contributed by atoms with Gasteiger partial charge in [0.1, 0.15) is 17.6 Å². The minimum Gasteiger partial charge on any atom is -0.497 e. The third-order valence-corrected chi connectivity index (χ3v) is 7.59. The number of sulfonamides is 1. The molecule has 10 heteroatoms. The molecule has 0 unspecified atom stereocenters. The summed E-state index contributed by atoms with van der Waals surface area (Å²) in [6.07, 6.45) is 1.64. The molecule has 0 aliphatic heterocycles. The Balaban J connectivity index is 1.84. The smallest absolute Gasteiger partial charge is 0.243 e. The van der Waals surface area contributed by atoms with E-state index in [2.05, 4.69) is 5.32 Å². The third kappa shape index (κ3) is 8.81. The van der Waals surface area contributed by atoms with Crippen LogP contribution < -0.4 is 14.4 Å². The molecule has 0 saturated heterocycles. The molecule has 8 nitrogen and oxygen atoms in total. The first-order valence-electron chi connectivity index (χ1n) is 13.1. The summed E-state index contributed by atoms with van der Waals surface area (Å²) in [4.78, 5) is 28.4. The summed E-state index contributed by atoms with van der Waals surface area (Å²) < 4.78 is 45.1. The summed E-state index contributed by atoms with van der Waals surface area (Å²) in [6, 6.07) is 21.0. The normalized spacial score (nSPS) is 11.9. The van der Waals surface area contributed by atoms with Crippen LogP contribution >= 0.6 is 0 Å². The van der Waals surface area contributed by atoms with Crippen LogP contribution in [0.15, 0.2) is 78.9 Å². The first-order valence-corrected chi connectivity index (χ1v) is 14.9. The highest BCUT2D eigenvalue weighted by Gasteiger charge is 2.30. The molecule has 2 amide bonds. The second-order valence-corrected chi connectivity index (χ2v) is 11.3. The van der Waals surface area contributed by atoms with E-state index < -0.39 is 21.9 Å². The van der Waals surface area contributed by atoms with Gasteiger partial charge in [0.2, 0.25) is 21.8 Å². The van der Waals surface area contributed by atoms with Gasteiger partial charge >= 0.3 is 0 Å². The van der Waals surface area contributed by atoms with E-state index in [0.717, 1.165) is 11.8 Å². The van der Waals surface area contributed by atoms with Crippen molar-refractivity contribution in [3.8, 4) is 5.75 Å². The molecule has 0 radical (unpaired) electrons. The van der Waals surface area contributed by atoms with Crippen LogP contribution in [0.5, 0.6) is 5.75 Å². The number of halogens is 1. The lowest BCUT2D eigenvalue weighted by Crippen LogP contribution is -2.50. The topological polar surface area (TPSA) is 96.0 Å². The highest BCUT2D eigenvalue weighted by Crippen LogP contribution is 2.23. The van der Waals surface area contributed by atoms with Gasteiger partial charge in [-0.05, 0) is 60.9 Å². The predicted octanol–water partition coefficient (Wildman–Crippen LogP) is 4.16. The highest BCUT2D eigenvalue weighted by molar-refractivity contribution is 7.92. The van der Waals surface area contributed by atoms with Gasteiger partial charge in [-0.2, -0.15) is 0 Å². The van der Waals surface area contributed by atoms with Gasteiger partial charge in [-0.1, -0.05) is 42.5 Å². The zero-order valence-electron chi connectivity index (χ0n) is 23.0. The lowest BCUT2D eigenvalue weighted by Gasteiger charge is -2.32. The molecule has 0 heterocycles. The van der Waals surface area contributed by atoms with Crippen LogP contribution in [0.1, 0.15) is 30.9 Å². The second kappa shape index (κ2) is 14.5. The molecule has 1 N–H and O–H groups in total. The maximum Gasteiger partial charge on any atom is 0.243 e. The lowest BCUT2D eigenvalue weighted by molar-refractivity contribution is -0.141. The van der Waals surface area contributed by atoms with Crippen LogP contribution in [-0.2, 0) is 32.6 Å². The van der Waals surface area contributed by atoms with Crippen LogP contribution in [0.3, 0.4) is 0 Å². The number of carbonyl (C=O) groups excluding carboxylic acids is 2. The lowest BCUT2D eigenvalue weighted by atomic mass is 10.0. The summed E-state index contributed by atoms with van der Waals surface area (Å²) in [5.41, 5.74) is 2.02. The Kier molecular flexibility index (Phi) is 11.1. The van der Waals surface area contributed by atoms with Crippen molar-refractivity contribution in [1.29, 1.82) is 0 Å². The molecule has 0 aromatic heterocycles. The third-order valence-electron chi connectivity index (χ3n) is 6.40. The van der Waals surface area contributed by atoms with Crippen LogP contribution in [-0.4, -0.2) is 57.6 Å². The van der Waals surface area contributed by atoms with Crippen molar-refractivity contribution in [2.75, 3.05) is 30.8 Å². The molecule has 3 aromatic carbocycles. The number of carbonyl (C=O) groups is 2. The van der Waals surface area contributed by atoms with Crippen molar-refractivity contribution in [2.24, 2.45) is 0 Å². The van der Waals surface area contributed by atoms with Crippen LogP contribution in [0.4, 0.5) is 10.1 Å². The standard InChI is InChI=1S/C30H36FN3O5S/c1-4-32-30(36)28(21-23-9-6-5-7-10-23)33(22-24-12-14-25(31)15-13-24)29(35)11-8-20-34(40(3,37)38)26-16-18-27(39-2)19-17-26/h5-7,9-10,12-19,28H,4,8,11,20-22H2,1-3H3,(H,32,36)/t28-/m0/s1. The highest BCUT2D eigenvalue weighted by atomic mass is 32.2. The number of amides is 2. The van der Waals surface area contributed by atoms with Gasteiger partial charge in [-0.25, -0.2) is 12.8 Å². The molecule has 3 aromatic rings. The van der Waals surface area contributed by atoms with Gasteiger partial charge in [0, 0.05) is 32.5 Å². The molecule has 0 aliphatic rings. The Morgan fingerprint density at radius 3 is 2.17 bits per heavy atom. The Hall–Kier alpha value is -3.92. The maximum absolute atomic E-state index is 13.7. The second-order valence-electron chi connectivity index (χ2n) is 9.38. The molecule has 0 fully saturated rings. The molecular formula is C30H36FN3O5S. The molecule has 0 bridgehead atoms. The van der Waals surface area contributed by atoms with Gasteiger partial charge in [-0.15, -0.1) is 0 Å². The van der Waals surface area contributed by atoms with Crippen LogP contribution in [0.25, 0.3) is 0 Å². The SMILES string of the molecule is CCNC(=O)[C@H](Cc1ccccc1)N(Cc1ccc(F)cc1)C(=O)CCCN(c1ccc(OC)cc1)S(C)(=O)=O. The fourth-order valence-corrected chi connectivity index (χ4v) is 5.35. The quantitative estimate of drug-likeness (QED) is 0.315. The van der Waals surface area contributed by atoms with E-state index in [0.29, 0.717) is 30.0 Å². The van der Waals surface area contributed by atoms with Gasteiger partial charge in [0.15, 0.2) is 0 Å². The van der Waals surface area contributed by atoms with Crippen LogP contribution in [0.2, 0.25) is 0 Å². The molecule has 3 rings (SSSR count). The fraction of sp³-hybridized carbons (Fsp3) is 0.333. The molecule has 0 saturated carbocycles. The number of nitrogens with zero attached hydrogens (tertiary/aromatic N) is 2. The van der Waals surface area contributed by atoms with Crippen molar-refractivity contribution in [1.82, 2.24) is 10.2 Å². The summed E-state index contributed by atoms with van der Waals surface area (Å²) in [5.74, 6) is -0.401. The van der Waals surface area contributed by atoms with E-state index in [4.69, 9.17) is 4.74 Å². The van der Waals surface area contributed by atoms with E-state index in [1.165, 1.54) is 28.4 Å². The van der Waals surface area contributed by atoms with Gasteiger partial charge in [-0.3, -0.25) is 13.9 Å². The largest absolute Gasteiger partial charge is 0.497 e. The molecular weight excluding hydrogens is 533 g/mol. The first-order chi connectivity index (χ1) is 19.1. The average Bonchev–Trinajstić information content (AvgIpc) is 2.94. The number of benzene rings is 3. The summed E-state index contributed by atoms with van der Waals surface area (Å²) in [5, 5.41) is 2.83. The van der Waals surface area contributed by atoms with E-state index in [-0.39, 0.29) is 37.7 Å². The number of ether oxygens (including phenoxy) is 1. The number of rotatable bonds is 14. The Morgan fingerprint density at radius 2 is 1.60 bits per heavy atom. The number of methoxy groups -OCH3 is 1. The number of hydrogen-bond donors (Lipinski definition) is 1. The zero-order chi connectivity index (χ0) is 29.1. The number of nitrogens with one attached hydrogen (secondary N) is 1. The minimum atomic E-state index is -3.62. The monoisotopic (exact) mass is 569 g/mol. The Labute approximate surface area is 235 Å². The fourth-order valence-electron chi connectivity index (χ4n) is 4.38. The van der Waals surface area contributed by atoms with Gasteiger partial charge in [0.05, 0.1) is 19.1 Å². The van der Waals surface area contributed by atoms with E-state index in [1.807, 2.05) is 37.3 Å². The van der Waals surface area contributed by atoms with E-state index in [1.54, 1.807) is 36.4 Å². The average molecular weight is 570 g/mol. The number of likely N-dealkylation sites (N-methyl/N-ethyl adjacent to an activating group) is 1. The predicted molar refractivity (Wildman–Crippen MR) is 154 cm³/mol. The maximum atomic E-state index is 13.7. The molecule has 0 aliphatic carbocycles. The molecule has 40 heavy (non-hydrogen) atoms. The Morgan fingerprint density at radius 1 is 0.950 bits per heavy atom. The van der Waals surface area contributed by atoms with Gasteiger partial charge in [0.25, 0.3) is 0 Å². The van der Waals surface area contributed by atoms with E-state index >= 15 is 0 Å². The minimum absolute atomic E-state index is 0.00800. The Bertz CT molecular complexity index is 1350. The molecule has 0 spiro atoms. The zero-order valence-corrected chi connectivity index (χ0v) is 23.9. The van der Waals surface area contributed by atoms with Crippen molar-refractivity contribution >= 4 is 27.5 Å². The van der Waals surface area contributed by atoms with Crippen molar-refractivity contribution in [2.45, 2.75) is 38.8 Å². The van der Waals surface area contributed by atoms with Crippen molar-refractivity contribution < 1.29 is 27.1 Å². The summed E-state index contributed by atoms with van der Waals surface area (Å²) in [7, 11) is -2.09. The van der Waals surface area contributed by atoms with E-state index in [9.17, 15) is 22.4 Å². The van der Waals surface area contributed by atoms with Crippen molar-refractivity contribution in [3.63, 3.8) is 0 Å². The van der Waals surface area contributed by atoms with Crippen LogP contribution in [0, 0.1) is 5.82 Å². The van der Waals surface area contributed by atoms with Gasteiger partial charge < -0.3 is 15.0 Å². The summed E-state index contributed by atoms with van der Waals surface area (Å²) in [6.45, 7) is 2.38. The summed E-state index contributed by atoms with van der Waals surface area (Å²) >= 11 is 0. The van der Waals surface area contributed by atoms with Crippen molar-refractivity contribution in [3.05, 3.63) is 95.8 Å². The number of hydrogen-bond acceptors (Lipinski definition) is 5. The molecule has 214 valence electrons.